The Bertz CT molecular complexity index is 1080. The van der Waals surface area contributed by atoms with Gasteiger partial charge in [0.05, 0.1) is 11.3 Å². The van der Waals surface area contributed by atoms with Crippen molar-refractivity contribution in [2.45, 2.75) is 0 Å². The van der Waals surface area contributed by atoms with E-state index in [4.69, 9.17) is 0 Å². The Morgan fingerprint density at radius 3 is 2.62 bits per heavy atom. The van der Waals surface area contributed by atoms with Crippen LogP contribution in [0.25, 0.3) is 26.9 Å². The van der Waals surface area contributed by atoms with Gasteiger partial charge in [0.2, 0.25) is 0 Å². The molecule has 0 unspecified atom stereocenters. The average Bonchev–Trinajstić information content (AvgIpc) is 3.15. The highest BCUT2D eigenvalue weighted by molar-refractivity contribution is 7.13. The van der Waals surface area contributed by atoms with Crippen LogP contribution >= 0.6 is 11.3 Å². The van der Waals surface area contributed by atoms with Crippen LogP contribution < -0.4 is 5.56 Å². The van der Waals surface area contributed by atoms with Crippen molar-refractivity contribution in [3.8, 4) is 10.4 Å². The van der Waals surface area contributed by atoms with Crippen LogP contribution in [-0.2, 0) is 0 Å². The van der Waals surface area contributed by atoms with Gasteiger partial charge in [0.1, 0.15) is 0 Å². The van der Waals surface area contributed by atoms with Gasteiger partial charge in [-0.05, 0) is 29.6 Å². The molecule has 3 nitrogen and oxygen atoms in total. The van der Waals surface area contributed by atoms with Gasteiger partial charge < -0.3 is 4.98 Å². The minimum Gasteiger partial charge on any atom is -0.321 e. The quantitative estimate of drug-likeness (QED) is 0.591. The third-order valence-corrected chi connectivity index (χ3v) is 4.85. The molecule has 0 bridgehead atoms. The number of thiophene rings is 1. The van der Waals surface area contributed by atoms with Crippen molar-refractivity contribution in [3.63, 3.8) is 0 Å². The lowest BCUT2D eigenvalue weighted by Gasteiger charge is -2.13. The molecule has 116 valence electrons. The SMILES string of the molecule is C=C(c1ccccn1)c1c(-c2cccs2)c(=O)[nH]c2ccccc12. The Balaban J connectivity index is 2.10. The summed E-state index contributed by atoms with van der Waals surface area (Å²) in [5.74, 6) is 0. The van der Waals surface area contributed by atoms with Crippen LogP contribution in [0.1, 0.15) is 11.3 Å². The zero-order valence-corrected chi connectivity index (χ0v) is 13.6. The van der Waals surface area contributed by atoms with Crippen molar-refractivity contribution in [2.24, 2.45) is 0 Å². The number of aromatic nitrogens is 2. The second-order valence-corrected chi connectivity index (χ2v) is 6.37. The third kappa shape index (κ3) is 2.37. The molecule has 3 aromatic heterocycles. The Hall–Kier alpha value is -2.98. The second-order valence-electron chi connectivity index (χ2n) is 5.42. The molecule has 0 aliphatic carbocycles. The summed E-state index contributed by atoms with van der Waals surface area (Å²) < 4.78 is 0. The molecular weight excluding hydrogens is 316 g/mol. The topological polar surface area (TPSA) is 45.8 Å². The number of benzene rings is 1. The van der Waals surface area contributed by atoms with Crippen molar-refractivity contribution < 1.29 is 0 Å². The molecular formula is C20H14N2OS. The smallest absolute Gasteiger partial charge is 0.257 e. The van der Waals surface area contributed by atoms with E-state index in [1.54, 1.807) is 17.5 Å². The van der Waals surface area contributed by atoms with Gasteiger partial charge >= 0.3 is 0 Å². The predicted molar refractivity (Wildman–Crippen MR) is 100 cm³/mol. The minimum atomic E-state index is -0.108. The van der Waals surface area contributed by atoms with Gasteiger partial charge in [0.15, 0.2) is 0 Å². The second kappa shape index (κ2) is 5.91. The number of nitrogens with zero attached hydrogens (tertiary/aromatic N) is 1. The minimum absolute atomic E-state index is 0.108. The first-order valence-corrected chi connectivity index (χ1v) is 8.43. The number of para-hydroxylation sites is 1. The van der Waals surface area contributed by atoms with E-state index in [1.165, 1.54) is 0 Å². The average molecular weight is 330 g/mol. The summed E-state index contributed by atoms with van der Waals surface area (Å²) in [5.41, 5.74) is 3.71. The van der Waals surface area contributed by atoms with Crippen LogP contribution in [0.4, 0.5) is 0 Å². The van der Waals surface area contributed by atoms with Crippen LogP contribution in [0, 0.1) is 0 Å². The first-order valence-electron chi connectivity index (χ1n) is 7.55. The highest BCUT2D eigenvalue weighted by Gasteiger charge is 2.18. The maximum atomic E-state index is 12.8. The fourth-order valence-corrected chi connectivity index (χ4v) is 3.66. The molecule has 0 amide bonds. The summed E-state index contributed by atoms with van der Waals surface area (Å²) in [6.07, 6.45) is 1.74. The van der Waals surface area contributed by atoms with Crippen LogP contribution in [0.5, 0.6) is 0 Å². The highest BCUT2D eigenvalue weighted by atomic mass is 32.1. The fourth-order valence-electron chi connectivity index (χ4n) is 2.88. The third-order valence-electron chi connectivity index (χ3n) is 3.97. The molecule has 0 saturated carbocycles. The number of H-pyrrole nitrogens is 1. The van der Waals surface area contributed by atoms with Crippen molar-refractivity contribution in [1.29, 1.82) is 0 Å². The zero-order valence-electron chi connectivity index (χ0n) is 12.8. The number of hydrogen-bond donors (Lipinski definition) is 1. The Kier molecular flexibility index (Phi) is 3.59. The maximum absolute atomic E-state index is 12.8. The predicted octanol–water partition coefficient (Wildman–Crippen LogP) is 4.71. The molecule has 0 atom stereocenters. The fraction of sp³-hybridized carbons (Fsp3) is 0. The van der Waals surface area contributed by atoms with Crippen LogP contribution in [0.2, 0.25) is 0 Å². The molecule has 1 aromatic carbocycles. The first-order chi connectivity index (χ1) is 11.8. The van der Waals surface area contributed by atoms with E-state index in [9.17, 15) is 4.79 Å². The van der Waals surface area contributed by atoms with Gasteiger partial charge in [-0.25, -0.2) is 0 Å². The van der Waals surface area contributed by atoms with Crippen molar-refractivity contribution in [3.05, 3.63) is 94.4 Å². The summed E-state index contributed by atoms with van der Waals surface area (Å²) in [6.45, 7) is 4.25. The van der Waals surface area contributed by atoms with E-state index in [2.05, 4.69) is 16.5 Å². The maximum Gasteiger partial charge on any atom is 0.257 e. The summed E-state index contributed by atoms with van der Waals surface area (Å²) in [5, 5.41) is 2.94. The molecule has 0 aliphatic heterocycles. The van der Waals surface area contributed by atoms with E-state index in [-0.39, 0.29) is 5.56 Å². The van der Waals surface area contributed by atoms with Gasteiger partial charge in [-0.1, -0.05) is 36.9 Å². The molecule has 4 heteroatoms. The molecule has 0 saturated heterocycles. The summed E-state index contributed by atoms with van der Waals surface area (Å²) in [6, 6.07) is 17.4. The number of hydrogen-bond acceptors (Lipinski definition) is 3. The Morgan fingerprint density at radius 2 is 1.88 bits per heavy atom. The standard InChI is InChI=1S/C20H14N2OS/c1-13(15-8-4-5-11-21-15)18-14-7-2-3-9-16(14)22-20(23)19(18)17-10-6-12-24-17/h2-12H,1H2,(H,22,23). The number of rotatable bonds is 3. The molecule has 0 radical (unpaired) electrons. The van der Waals surface area contributed by atoms with Gasteiger partial charge in [-0.3, -0.25) is 9.78 Å². The van der Waals surface area contributed by atoms with Crippen molar-refractivity contribution in [2.75, 3.05) is 0 Å². The number of nitrogens with one attached hydrogen (secondary N) is 1. The summed E-state index contributed by atoms with van der Waals surface area (Å²) in [7, 11) is 0. The monoisotopic (exact) mass is 330 g/mol. The lowest BCUT2D eigenvalue weighted by Crippen LogP contribution is -2.12. The van der Waals surface area contributed by atoms with Gasteiger partial charge in [-0.2, -0.15) is 0 Å². The lowest BCUT2D eigenvalue weighted by atomic mass is 9.94. The Labute approximate surface area is 143 Å². The molecule has 0 spiro atoms. The van der Waals surface area contributed by atoms with Crippen molar-refractivity contribution >= 4 is 27.8 Å². The summed E-state index contributed by atoms with van der Waals surface area (Å²) >= 11 is 1.54. The molecule has 24 heavy (non-hydrogen) atoms. The van der Waals surface area contributed by atoms with Gasteiger partial charge in [-0.15, -0.1) is 11.3 Å². The van der Waals surface area contributed by atoms with Crippen molar-refractivity contribution in [1.82, 2.24) is 9.97 Å². The molecule has 1 N–H and O–H groups in total. The number of aromatic amines is 1. The largest absolute Gasteiger partial charge is 0.321 e. The normalized spacial score (nSPS) is 10.8. The van der Waals surface area contributed by atoms with E-state index < -0.39 is 0 Å². The molecule has 0 aliphatic rings. The van der Waals surface area contributed by atoms with E-state index in [0.717, 1.165) is 32.6 Å². The van der Waals surface area contributed by atoms with Gasteiger partial charge in [0.25, 0.3) is 5.56 Å². The molecule has 4 rings (SSSR count). The highest BCUT2D eigenvalue weighted by Crippen LogP contribution is 2.35. The first kappa shape index (κ1) is 14.6. The molecule has 3 heterocycles. The van der Waals surface area contributed by atoms with Crippen LogP contribution in [-0.4, -0.2) is 9.97 Å². The van der Waals surface area contributed by atoms with E-state index >= 15 is 0 Å². The van der Waals surface area contributed by atoms with E-state index in [0.29, 0.717) is 5.56 Å². The number of pyridine rings is 2. The van der Waals surface area contributed by atoms with E-state index in [1.807, 2.05) is 60.0 Å². The lowest BCUT2D eigenvalue weighted by molar-refractivity contribution is 1.26. The molecule has 0 fully saturated rings. The summed E-state index contributed by atoms with van der Waals surface area (Å²) in [4.78, 5) is 21.1. The number of fused-ring (bicyclic) bond motifs is 1. The molecule has 4 aromatic rings. The van der Waals surface area contributed by atoms with Crippen LogP contribution in [0.15, 0.2) is 77.5 Å². The van der Waals surface area contributed by atoms with Gasteiger partial charge in [0, 0.05) is 33.1 Å². The Morgan fingerprint density at radius 1 is 1.04 bits per heavy atom. The van der Waals surface area contributed by atoms with Crippen LogP contribution in [0.3, 0.4) is 0 Å². The zero-order chi connectivity index (χ0) is 16.5.